The lowest BCUT2D eigenvalue weighted by molar-refractivity contribution is -0.161. The van der Waals surface area contributed by atoms with Crippen molar-refractivity contribution in [3.8, 4) is 0 Å². The van der Waals surface area contributed by atoms with E-state index in [4.69, 9.17) is 0 Å². The van der Waals surface area contributed by atoms with Crippen LogP contribution in [0.25, 0.3) is 10.9 Å². The molecule has 2 aromatic rings. The fraction of sp³-hybridized carbons (Fsp3) is 0.625. The van der Waals surface area contributed by atoms with Crippen molar-refractivity contribution in [2.75, 3.05) is 6.54 Å². The fourth-order valence-electron chi connectivity index (χ4n) is 7.11. The van der Waals surface area contributed by atoms with E-state index in [1.807, 2.05) is 0 Å². The van der Waals surface area contributed by atoms with E-state index in [0.29, 0.717) is 29.8 Å². The number of aromatic nitrogens is 1. The minimum atomic E-state index is -0.420. The lowest BCUT2D eigenvalue weighted by Gasteiger charge is -2.60. The molecule has 28 heavy (non-hydrogen) atoms. The quantitative estimate of drug-likeness (QED) is 0.751. The first-order valence-electron chi connectivity index (χ1n) is 11.1. The fourth-order valence-corrected chi connectivity index (χ4v) is 7.11. The van der Waals surface area contributed by atoms with Crippen LogP contribution < -0.4 is 0 Å². The average Bonchev–Trinajstić information content (AvgIpc) is 3.41. The van der Waals surface area contributed by atoms with Gasteiger partial charge >= 0.3 is 0 Å². The van der Waals surface area contributed by atoms with Gasteiger partial charge in [0.15, 0.2) is 0 Å². The maximum absolute atomic E-state index is 12.4. The zero-order chi connectivity index (χ0) is 18.9. The van der Waals surface area contributed by atoms with Gasteiger partial charge in [0.1, 0.15) is 6.29 Å². The van der Waals surface area contributed by atoms with Crippen molar-refractivity contribution in [1.82, 2.24) is 9.88 Å². The molecule has 0 amide bonds. The third kappa shape index (κ3) is 2.68. The molecule has 2 aliphatic heterocycles. The molecule has 3 heterocycles. The van der Waals surface area contributed by atoms with Crippen LogP contribution in [-0.2, 0) is 4.79 Å². The van der Waals surface area contributed by atoms with Crippen LogP contribution in [0.5, 0.6) is 0 Å². The number of nitrogens with one attached hydrogen (secondary N) is 1. The Morgan fingerprint density at radius 3 is 2.61 bits per heavy atom. The predicted octanol–water partition coefficient (Wildman–Crippen LogP) is 3.85. The van der Waals surface area contributed by atoms with E-state index in [1.165, 1.54) is 48.4 Å². The summed E-state index contributed by atoms with van der Waals surface area (Å²) in [5.74, 6) is 1.69. The van der Waals surface area contributed by atoms with E-state index >= 15 is 0 Å². The van der Waals surface area contributed by atoms with Crippen LogP contribution in [0.2, 0.25) is 0 Å². The Labute approximate surface area is 166 Å². The van der Waals surface area contributed by atoms with E-state index in [2.05, 4.69) is 40.3 Å². The van der Waals surface area contributed by atoms with Crippen molar-refractivity contribution in [1.29, 1.82) is 0 Å². The topological polar surface area (TPSA) is 56.3 Å². The molecule has 7 rings (SSSR count). The summed E-state index contributed by atoms with van der Waals surface area (Å²) in [7, 11) is 0. The highest BCUT2D eigenvalue weighted by atomic mass is 16.3. The minimum Gasteiger partial charge on any atom is -0.390 e. The number of aldehydes is 1. The number of aliphatic hydroxyl groups is 1. The molecule has 4 nitrogen and oxygen atoms in total. The largest absolute Gasteiger partial charge is 0.390 e. The van der Waals surface area contributed by atoms with Gasteiger partial charge in [0.05, 0.1) is 5.60 Å². The van der Waals surface area contributed by atoms with E-state index in [0.717, 1.165) is 25.8 Å². The standard InChI is InChI=1S/C24H30N2O2/c27-14-17(13-26-18-7-15-8-19(26)11-24(28,9-15)10-18)23(16-5-6-16)21-12-25-22-4-2-1-3-20(21)22/h1-4,12,14-19,23,25,28H,5-11,13H2. The number of rotatable bonds is 6. The highest BCUT2D eigenvalue weighted by molar-refractivity contribution is 5.84. The normalized spacial score (nSPS) is 36.7. The average molecular weight is 379 g/mol. The number of aromatic amines is 1. The molecule has 5 aliphatic rings. The van der Waals surface area contributed by atoms with Gasteiger partial charge in [-0.3, -0.25) is 4.90 Å². The number of benzene rings is 1. The number of H-pyrrole nitrogens is 1. The molecule has 4 unspecified atom stereocenters. The maximum atomic E-state index is 12.4. The van der Waals surface area contributed by atoms with Gasteiger partial charge in [-0.25, -0.2) is 0 Å². The van der Waals surface area contributed by atoms with Crippen molar-refractivity contribution in [2.45, 2.75) is 68.5 Å². The first kappa shape index (κ1) is 17.2. The summed E-state index contributed by atoms with van der Waals surface area (Å²) in [5.41, 5.74) is 2.08. The highest BCUT2D eigenvalue weighted by Gasteiger charge is 2.54. The van der Waals surface area contributed by atoms with Crippen LogP contribution in [0.3, 0.4) is 0 Å². The Bertz CT molecular complexity index is 885. The Hall–Kier alpha value is -1.65. The lowest BCUT2D eigenvalue weighted by Crippen LogP contribution is -2.65. The lowest BCUT2D eigenvalue weighted by atomic mass is 9.61. The molecule has 0 radical (unpaired) electrons. The summed E-state index contributed by atoms with van der Waals surface area (Å²) in [5, 5.41) is 12.2. The molecule has 2 saturated heterocycles. The highest BCUT2D eigenvalue weighted by Crippen LogP contribution is 2.53. The van der Waals surface area contributed by atoms with Gasteiger partial charge in [0.2, 0.25) is 0 Å². The van der Waals surface area contributed by atoms with Gasteiger partial charge in [-0.15, -0.1) is 0 Å². The Balaban J connectivity index is 1.30. The molecule has 1 aromatic carbocycles. The summed E-state index contributed by atoms with van der Waals surface area (Å²) in [6.45, 7) is 0.863. The van der Waals surface area contributed by atoms with Gasteiger partial charge in [-0.1, -0.05) is 18.2 Å². The van der Waals surface area contributed by atoms with Gasteiger partial charge in [0.25, 0.3) is 0 Å². The number of hydrogen-bond donors (Lipinski definition) is 2. The predicted molar refractivity (Wildman–Crippen MR) is 109 cm³/mol. The summed E-state index contributed by atoms with van der Waals surface area (Å²) < 4.78 is 0. The first-order chi connectivity index (χ1) is 13.6. The zero-order valence-corrected chi connectivity index (χ0v) is 16.4. The number of para-hydroxylation sites is 1. The smallest absolute Gasteiger partial charge is 0.124 e. The van der Waals surface area contributed by atoms with Crippen LogP contribution in [-0.4, -0.2) is 45.5 Å². The molecule has 5 fully saturated rings. The van der Waals surface area contributed by atoms with Crippen molar-refractivity contribution >= 4 is 17.2 Å². The van der Waals surface area contributed by atoms with E-state index in [-0.39, 0.29) is 5.92 Å². The number of piperidine rings is 2. The van der Waals surface area contributed by atoms with Crippen molar-refractivity contribution in [3.05, 3.63) is 36.0 Å². The third-order valence-corrected chi connectivity index (χ3v) is 8.22. The Kier molecular flexibility index (Phi) is 3.80. The van der Waals surface area contributed by atoms with Crippen LogP contribution in [0.15, 0.2) is 30.5 Å². The SMILES string of the molecule is O=CC(CN1C2CC3CC1CC(O)(C3)C2)C(c1c[nH]c2ccccc12)C1CC1. The molecule has 0 spiro atoms. The second kappa shape index (κ2) is 6.17. The summed E-state index contributed by atoms with van der Waals surface area (Å²) >= 11 is 0. The first-order valence-corrected chi connectivity index (χ1v) is 11.1. The molecule has 4 atom stereocenters. The molecule has 3 aliphatic carbocycles. The summed E-state index contributed by atoms with van der Waals surface area (Å²) in [4.78, 5) is 18.4. The van der Waals surface area contributed by atoms with E-state index in [1.54, 1.807) is 0 Å². The van der Waals surface area contributed by atoms with E-state index in [9.17, 15) is 9.90 Å². The molecular weight excluding hydrogens is 348 g/mol. The zero-order valence-electron chi connectivity index (χ0n) is 16.4. The van der Waals surface area contributed by atoms with Crippen LogP contribution in [0.1, 0.15) is 56.4 Å². The number of hydrogen-bond acceptors (Lipinski definition) is 3. The molecule has 4 bridgehead atoms. The molecular formula is C24H30N2O2. The van der Waals surface area contributed by atoms with Crippen molar-refractivity contribution in [3.63, 3.8) is 0 Å². The van der Waals surface area contributed by atoms with Gasteiger partial charge in [0, 0.05) is 41.6 Å². The van der Waals surface area contributed by atoms with Gasteiger partial charge < -0.3 is 14.9 Å². The van der Waals surface area contributed by atoms with Crippen molar-refractivity contribution < 1.29 is 9.90 Å². The van der Waals surface area contributed by atoms with E-state index < -0.39 is 5.60 Å². The summed E-state index contributed by atoms with van der Waals surface area (Å²) in [6.07, 6.45) is 11.1. The van der Waals surface area contributed by atoms with Crippen LogP contribution >= 0.6 is 0 Å². The maximum Gasteiger partial charge on any atom is 0.124 e. The number of carbonyl (C=O) groups excluding carboxylic acids is 1. The number of carbonyl (C=O) groups is 1. The number of nitrogens with zero attached hydrogens (tertiary/aromatic N) is 1. The molecule has 4 heteroatoms. The van der Waals surface area contributed by atoms with Gasteiger partial charge in [-0.05, 0) is 74.3 Å². The van der Waals surface area contributed by atoms with Crippen molar-refractivity contribution in [2.24, 2.45) is 17.8 Å². The third-order valence-electron chi connectivity index (χ3n) is 8.22. The van der Waals surface area contributed by atoms with Gasteiger partial charge in [-0.2, -0.15) is 0 Å². The second-order valence-electron chi connectivity index (χ2n) is 10.1. The molecule has 1 aromatic heterocycles. The Morgan fingerprint density at radius 2 is 1.93 bits per heavy atom. The minimum absolute atomic E-state index is 0.0406. The monoisotopic (exact) mass is 378 g/mol. The molecule has 148 valence electrons. The van der Waals surface area contributed by atoms with Crippen LogP contribution in [0, 0.1) is 17.8 Å². The Morgan fingerprint density at radius 1 is 1.18 bits per heavy atom. The van der Waals surface area contributed by atoms with Crippen LogP contribution in [0.4, 0.5) is 0 Å². The summed E-state index contributed by atoms with van der Waals surface area (Å²) in [6, 6.07) is 9.43. The second-order valence-corrected chi connectivity index (χ2v) is 10.1. The molecule has 2 N–H and O–H groups in total. The number of fused-ring (bicyclic) bond motifs is 1. The molecule has 3 saturated carbocycles.